The van der Waals surface area contributed by atoms with Crippen molar-refractivity contribution < 1.29 is 14.3 Å². The maximum absolute atomic E-state index is 12.8. The molecule has 0 aromatic heterocycles. The van der Waals surface area contributed by atoms with Crippen LogP contribution in [0.4, 0.5) is 0 Å². The van der Waals surface area contributed by atoms with Crippen LogP contribution in [0.5, 0.6) is 5.75 Å². The molecule has 2 heterocycles. The van der Waals surface area contributed by atoms with Gasteiger partial charge in [0.05, 0.1) is 13.2 Å². The second kappa shape index (κ2) is 7.66. The minimum absolute atomic E-state index is 0.0174. The molecule has 2 fully saturated rings. The van der Waals surface area contributed by atoms with Gasteiger partial charge in [0.25, 0.3) is 5.91 Å². The van der Waals surface area contributed by atoms with E-state index in [0.29, 0.717) is 31.0 Å². The highest BCUT2D eigenvalue weighted by Gasteiger charge is 2.31. The zero-order valence-corrected chi connectivity index (χ0v) is 14.2. The van der Waals surface area contributed by atoms with Gasteiger partial charge in [0.1, 0.15) is 5.75 Å². The number of carbonyl (C=O) groups excluding carboxylic acids is 2. The van der Waals surface area contributed by atoms with Crippen molar-refractivity contribution in [1.82, 2.24) is 15.1 Å². The molecule has 1 unspecified atom stereocenters. The van der Waals surface area contributed by atoms with Crippen LogP contribution >= 0.6 is 0 Å². The number of hydrogen-bond donors (Lipinski definition) is 1. The van der Waals surface area contributed by atoms with Gasteiger partial charge in [-0.05, 0) is 38.0 Å². The number of nitrogens with one attached hydrogen (secondary N) is 1. The zero-order chi connectivity index (χ0) is 16.9. The predicted molar refractivity (Wildman–Crippen MR) is 91.1 cm³/mol. The first-order valence-electron chi connectivity index (χ1n) is 8.71. The summed E-state index contributed by atoms with van der Waals surface area (Å²) in [7, 11) is 0. The second-order valence-corrected chi connectivity index (χ2v) is 6.27. The van der Waals surface area contributed by atoms with Crippen LogP contribution in [0.2, 0.25) is 0 Å². The van der Waals surface area contributed by atoms with Crippen LogP contribution in [0.25, 0.3) is 0 Å². The molecule has 1 aromatic carbocycles. The molecule has 130 valence electrons. The van der Waals surface area contributed by atoms with Gasteiger partial charge >= 0.3 is 0 Å². The Kier molecular flexibility index (Phi) is 5.35. The molecule has 2 aliphatic heterocycles. The average Bonchev–Trinajstić information content (AvgIpc) is 2.62. The summed E-state index contributed by atoms with van der Waals surface area (Å²) in [5, 5.41) is 3.10. The van der Waals surface area contributed by atoms with E-state index in [-0.39, 0.29) is 17.9 Å². The summed E-state index contributed by atoms with van der Waals surface area (Å²) in [6.45, 7) is 5.82. The summed E-state index contributed by atoms with van der Waals surface area (Å²) in [5.41, 5.74) is 0.647. The van der Waals surface area contributed by atoms with Crippen molar-refractivity contribution in [2.24, 2.45) is 0 Å². The first kappa shape index (κ1) is 16.8. The van der Waals surface area contributed by atoms with Crippen LogP contribution in [0.3, 0.4) is 0 Å². The Morgan fingerprint density at radius 3 is 3.04 bits per heavy atom. The minimum Gasteiger partial charge on any atom is -0.494 e. The number of rotatable bonds is 4. The number of piperidine rings is 1. The molecule has 24 heavy (non-hydrogen) atoms. The van der Waals surface area contributed by atoms with E-state index in [4.69, 9.17) is 4.74 Å². The van der Waals surface area contributed by atoms with Crippen LogP contribution in [-0.4, -0.2) is 67.0 Å². The molecular weight excluding hydrogens is 306 g/mol. The number of nitrogens with zero attached hydrogens (tertiary/aromatic N) is 2. The lowest BCUT2D eigenvalue weighted by Crippen LogP contribution is -2.57. The normalized spacial score (nSPS) is 21.7. The molecule has 0 aliphatic carbocycles. The molecule has 2 amide bonds. The van der Waals surface area contributed by atoms with E-state index in [1.165, 1.54) is 0 Å². The number of ether oxygens (including phenoxy) is 1. The number of carbonyl (C=O) groups is 2. The van der Waals surface area contributed by atoms with Crippen molar-refractivity contribution in [3.8, 4) is 5.75 Å². The molecule has 2 aliphatic rings. The quantitative estimate of drug-likeness (QED) is 0.898. The number of hydrogen-bond acceptors (Lipinski definition) is 4. The molecule has 6 nitrogen and oxygen atoms in total. The monoisotopic (exact) mass is 331 g/mol. The van der Waals surface area contributed by atoms with E-state index in [9.17, 15) is 9.59 Å². The van der Waals surface area contributed by atoms with E-state index in [2.05, 4.69) is 5.32 Å². The van der Waals surface area contributed by atoms with Crippen molar-refractivity contribution in [3.63, 3.8) is 0 Å². The number of piperazine rings is 1. The number of amides is 2. The lowest BCUT2D eigenvalue weighted by atomic mass is 10.0. The van der Waals surface area contributed by atoms with E-state index >= 15 is 0 Å². The van der Waals surface area contributed by atoms with E-state index in [1.54, 1.807) is 6.07 Å². The standard InChI is InChI=1S/C18H25N3O3/c1-2-24-16-7-3-5-14(11-16)18(23)20-9-4-6-15(13-20)21-10-8-19-12-17(21)22/h3,5,7,11,15,19H,2,4,6,8-10,12-13H2,1H3. The first-order valence-corrected chi connectivity index (χ1v) is 8.71. The van der Waals surface area contributed by atoms with Gasteiger partial charge in [-0.15, -0.1) is 0 Å². The predicted octanol–water partition coefficient (Wildman–Crippen LogP) is 1.12. The lowest BCUT2D eigenvalue weighted by molar-refractivity contribution is -0.135. The SMILES string of the molecule is CCOc1cccc(C(=O)N2CCCC(N3CCNCC3=O)C2)c1. The van der Waals surface area contributed by atoms with Crippen LogP contribution in [0, 0.1) is 0 Å². The molecule has 0 spiro atoms. The Labute approximate surface area is 142 Å². The minimum atomic E-state index is 0.0174. The highest BCUT2D eigenvalue weighted by Crippen LogP contribution is 2.21. The smallest absolute Gasteiger partial charge is 0.254 e. The zero-order valence-electron chi connectivity index (χ0n) is 14.2. The van der Waals surface area contributed by atoms with Gasteiger partial charge in [-0.3, -0.25) is 9.59 Å². The van der Waals surface area contributed by atoms with Crippen LogP contribution < -0.4 is 10.1 Å². The van der Waals surface area contributed by atoms with E-state index in [1.807, 2.05) is 34.9 Å². The Morgan fingerprint density at radius 2 is 2.25 bits per heavy atom. The summed E-state index contributed by atoms with van der Waals surface area (Å²) < 4.78 is 5.48. The van der Waals surface area contributed by atoms with Gasteiger partial charge < -0.3 is 19.9 Å². The lowest BCUT2D eigenvalue weighted by Gasteiger charge is -2.41. The van der Waals surface area contributed by atoms with Crippen molar-refractivity contribution in [2.45, 2.75) is 25.8 Å². The van der Waals surface area contributed by atoms with Crippen molar-refractivity contribution >= 4 is 11.8 Å². The third kappa shape index (κ3) is 3.70. The Bertz CT molecular complexity index is 605. The summed E-state index contributed by atoms with van der Waals surface area (Å²) in [5.74, 6) is 0.872. The highest BCUT2D eigenvalue weighted by molar-refractivity contribution is 5.94. The average molecular weight is 331 g/mol. The van der Waals surface area contributed by atoms with Gasteiger partial charge in [0.15, 0.2) is 0 Å². The maximum atomic E-state index is 12.8. The van der Waals surface area contributed by atoms with Crippen molar-refractivity contribution in [3.05, 3.63) is 29.8 Å². The van der Waals surface area contributed by atoms with Crippen LogP contribution in [0.1, 0.15) is 30.1 Å². The van der Waals surface area contributed by atoms with Gasteiger partial charge in [-0.2, -0.15) is 0 Å². The first-order chi connectivity index (χ1) is 11.7. The Balaban J connectivity index is 1.68. The molecule has 1 aromatic rings. The third-order valence-electron chi connectivity index (χ3n) is 4.64. The molecule has 2 saturated heterocycles. The van der Waals surface area contributed by atoms with Crippen molar-refractivity contribution in [1.29, 1.82) is 0 Å². The fraction of sp³-hybridized carbons (Fsp3) is 0.556. The highest BCUT2D eigenvalue weighted by atomic mass is 16.5. The molecule has 0 saturated carbocycles. The Morgan fingerprint density at radius 1 is 1.38 bits per heavy atom. The van der Waals surface area contributed by atoms with Crippen molar-refractivity contribution in [2.75, 3.05) is 39.3 Å². The van der Waals surface area contributed by atoms with Crippen LogP contribution in [-0.2, 0) is 4.79 Å². The largest absolute Gasteiger partial charge is 0.494 e. The van der Waals surface area contributed by atoms with Crippen LogP contribution in [0.15, 0.2) is 24.3 Å². The summed E-state index contributed by atoms with van der Waals surface area (Å²) in [6.07, 6.45) is 1.90. The molecular formula is C18H25N3O3. The summed E-state index contributed by atoms with van der Waals surface area (Å²) >= 11 is 0. The van der Waals surface area contributed by atoms with Gasteiger partial charge in [-0.25, -0.2) is 0 Å². The fourth-order valence-electron chi connectivity index (χ4n) is 3.47. The molecule has 3 rings (SSSR count). The molecule has 6 heteroatoms. The van der Waals surface area contributed by atoms with E-state index in [0.717, 1.165) is 32.5 Å². The fourth-order valence-corrected chi connectivity index (χ4v) is 3.47. The summed E-state index contributed by atoms with van der Waals surface area (Å²) in [4.78, 5) is 28.7. The van der Waals surface area contributed by atoms with Gasteiger partial charge in [0, 0.05) is 37.8 Å². The van der Waals surface area contributed by atoms with Gasteiger partial charge in [0.2, 0.25) is 5.91 Å². The Hall–Kier alpha value is -2.08. The van der Waals surface area contributed by atoms with E-state index < -0.39 is 0 Å². The van der Waals surface area contributed by atoms with Gasteiger partial charge in [-0.1, -0.05) is 6.07 Å². The second-order valence-electron chi connectivity index (χ2n) is 6.27. The molecule has 1 N–H and O–H groups in total. The topological polar surface area (TPSA) is 61.9 Å². The number of likely N-dealkylation sites (tertiary alicyclic amines) is 1. The molecule has 0 bridgehead atoms. The third-order valence-corrected chi connectivity index (χ3v) is 4.64. The summed E-state index contributed by atoms with van der Waals surface area (Å²) in [6, 6.07) is 7.46. The maximum Gasteiger partial charge on any atom is 0.254 e. The number of benzene rings is 1. The molecule has 0 radical (unpaired) electrons. The molecule has 1 atom stereocenters.